The number of amides is 2. The number of rotatable bonds is 8. The van der Waals surface area contributed by atoms with Gasteiger partial charge < -0.3 is 25.2 Å². The molecule has 8 heteroatoms. The van der Waals surface area contributed by atoms with Crippen molar-refractivity contribution in [2.24, 2.45) is 5.92 Å². The molecule has 174 valence electrons. The number of fused-ring (bicyclic) bond motifs is 3. The molecule has 4 rings (SSSR count). The van der Waals surface area contributed by atoms with Crippen LogP contribution < -0.4 is 10.6 Å². The van der Waals surface area contributed by atoms with Crippen LogP contribution in [0.4, 0.5) is 4.79 Å². The summed E-state index contributed by atoms with van der Waals surface area (Å²) in [7, 11) is 0. The largest absolute Gasteiger partial charge is 0.480 e. The van der Waals surface area contributed by atoms with E-state index in [0.717, 1.165) is 22.3 Å². The second-order valence-electron chi connectivity index (χ2n) is 8.35. The molecule has 0 radical (unpaired) electrons. The lowest BCUT2D eigenvalue weighted by atomic mass is 9.98. The molecule has 2 unspecified atom stereocenters. The van der Waals surface area contributed by atoms with E-state index in [1.807, 2.05) is 24.3 Å². The molecule has 33 heavy (non-hydrogen) atoms. The standard InChI is InChI=1S/C25H28N2O6/c1-2-21(24(29)30)27-23(28)22-15(11-12-32-22)13-26-25(31)33-14-20-18-9-5-3-7-16(18)17-8-4-6-10-19(17)20/h3-10,15,20-22H,2,11-14H2,1H3,(H,26,31)(H,27,28)(H,29,30)/t15?,21-,22?/m1/s1. The number of carboxylic acids is 1. The third-order valence-electron chi connectivity index (χ3n) is 6.35. The molecule has 2 aromatic carbocycles. The number of carbonyl (C=O) groups excluding carboxylic acids is 2. The highest BCUT2D eigenvalue weighted by Gasteiger charge is 2.36. The normalized spacial score (nSPS) is 19.9. The lowest BCUT2D eigenvalue weighted by Gasteiger charge is -2.21. The van der Waals surface area contributed by atoms with Crippen molar-refractivity contribution in [1.82, 2.24) is 10.6 Å². The maximum Gasteiger partial charge on any atom is 0.407 e. The second-order valence-corrected chi connectivity index (χ2v) is 8.35. The first-order chi connectivity index (χ1) is 16.0. The Bertz CT molecular complexity index is 994. The highest BCUT2D eigenvalue weighted by molar-refractivity contribution is 5.86. The predicted octanol–water partition coefficient (Wildman–Crippen LogP) is 2.91. The number of benzene rings is 2. The summed E-state index contributed by atoms with van der Waals surface area (Å²) in [4.78, 5) is 36.1. The van der Waals surface area contributed by atoms with E-state index in [9.17, 15) is 14.4 Å². The minimum Gasteiger partial charge on any atom is -0.480 e. The van der Waals surface area contributed by atoms with E-state index in [2.05, 4.69) is 34.9 Å². The second kappa shape index (κ2) is 10.0. The Labute approximate surface area is 192 Å². The molecular weight excluding hydrogens is 424 g/mol. The molecule has 1 aliphatic carbocycles. The maximum absolute atomic E-state index is 12.5. The number of alkyl carbamates (subject to hydrolysis) is 1. The molecule has 1 saturated heterocycles. The van der Waals surface area contributed by atoms with Crippen LogP contribution in [0.2, 0.25) is 0 Å². The van der Waals surface area contributed by atoms with Crippen molar-refractivity contribution in [2.75, 3.05) is 19.8 Å². The van der Waals surface area contributed by atoms with Crippen molar-refractivity contribution in [3.05, 3.63) is 59.7 Å². The number of carbonyl (C=O) groups is 3. The van der Waals surface area contributed by atoms with Crippen molar-refractivity contribution >= 4 is 18.0 Å². The molecule has 3 atom stereocenters. The summed E-state index contributed by atoms with van der Waals surface area (Å²) in [6, 6.07) is 15.3. The van der Waals surface area contributed by atoms with E-state index in [0.29, 0.717) is 13.0 Å². The summed E-state index contributed by atoms with van der Waals surface area (Å²) in [5, 5.41) is 14.4. The van der Waals surface area contributed by atoms with Crippen LogP contribution in [0.1, 0.15) is 36.8 Å². The van der Waals surface area contributed by atoms with E-state index < -0.39 is 30.1 Å². The molecular formula is C25H28N2O6. The van der Waals surface area contributed by atoms with E-state index >= 15 is 0 Å². The summed E-state index contributed by atoms with van der Waals surface area (Å²) >= 11 is 0. The highest BCUT2D eigenvalue weighted by atomic mass is 16.5. The summed E-state index contributed by atoms with van der Waals surface area (Å²) < 4.78 is 11.0. The Kier molecular flexibility index (Phi) is 6.93. The van der Waals surface area contributed by atoms with Gasteiger partial charge in [-0.3, -0.25) is 4.79 Å². The number of aliphatic carboxylic acids is 1. The zero-order valence-corrected chi connectivity index (χ0v) is 18.5. The zero-order chi connectivity index (χ0) is 23.4. The van der Waals surface area contributed by atoms with Gasteiger partial charge in [-0.05, 0) is 35.1 Å². The Morgan fingerprint density at radius 2 is 1.73 bits per heavy atom. The Morgan fingerprint density at radius 1 is 1.09 bits per heavy atom. The van der Waals surface area contributed by atoms with Crippen LogP contribution in [0.5, 0.6) is 0 Å². The van der Waals surface area contributed by atoms with Crippen molar-refractivity contribution in [1.29, 1.82) is 0 Å². The van der Waals surface area contributed by atoms with Gasteiger partial charge in [0.15, 0.2) is 0 Å². The van der Waals surface area contributed by atoms with Gasteiger partial charge in [-0.15, -0.1) is 0 Å². The van der Waals surface area contributed by atoms with Gasteiger partial charge in [0.05, 0.1) is 0 Å². The molecule has 0 aromatic heterocycles. The number of carboxylic acid groups (broad SMARTS) is 1. The van der Waals surface area contributed by atoms with E-state index in [1.54, 1.807) is 6.92 Å². The van der Waals surface area contributed by atoms with Crippen LogP contribution in [0, 0.1) is 5.92 Å². The molecule has 2 aromatic rings. The van der Waals surface area contributed by atoms with Crippen LogP contribution in [0.25, 0.3) is 11.1 Å². The topological polar surface area (TPSA) is 114 Å². The van der Waals surface area contributed by atoms with Gasteiger partial charge in [0.25, 0.3) is 0 Å². The maximum atomic E-state index is 12.5. The van der Waals surface area contributed by atoms with Gasteiger partial charge >= 0.3 is 12.1 Å². The van der Waals surface area contributed by atoms with Crippen LogP contribution in [-0.4, -0.2) is 55.0 Å². The summed E-state index contributed by atoms with van der Waals surface area (Å²) in [6.07, 6.45) is -0.491. The quantitative estimate of drug-likeness (QED) is 0.568. The van der Waals surface area contributed by atoms with Crippen molar-refractivity contribution in [3.63, 3.8) is 0 Å². The molecule has 0 bridgehead atoms. The lowest BCUT2D eigenvalue weighted by Crippen LogP contribution is -2.48. The van der Waals surface area contributed by atoms with Gasteiger partial charge in [-0.1, -0.05) is 55.5 Å². The minimum atomic E-state index is -1.09. The Balaban J connectivity index is 1.31. The molecule has 1 fully saturated rings. The fourth-order valence-corrected chi connectivity index (χ4v) is 4.59. The van der Waals surface area contributed by atoms with Crippen LogP contribution in [0.3, 0.4) is 0 Å². The lowest BCUT2D eigenvalue weighted by molar-refractivity contribution is -0.144. The molecule has 3 N–H and O–H groups in total. The van der Waals surface area contributed by atoms with Crippen LogP contribution in [0.15, 0.2) is 48.5 Å². The van der Waals surface area contributed by atoms with E-state index in [-0.39, 0.29) is 31.4 Å². The van der Waals surface area contributed by atoms with Crippen LogP contribution in [-0.2, 0) is 19.1 Å². The summed E-state index contributed by atoms with van der Waals surface area (Å²) in [5.41, 5.74) is 4.59. The SMILES string of the molecule is CC[C@@H](NC(=O)C1OCCC1CNC(=O)OCC1c2ccccc2-c2ccccc21)C(=O)O. The zero-order valence-electron chi connectivity index (χ0n) is 18.5. The number of ether oxygens (including phenoxy) is 2. The average Bonchev–Trinajstić information content (AvgIpc) is 3.42. The fourth-order valence-electron chi connectivity index (χ4n) is 4.59. The average molecular weight is 453 g/mol. The molecule has 8 nitrogen and oxygen atoms in total. The van der Waals surface area contributed by atoms with E-state index in [1.165, 1.54) is 0 Å². The molecule has 0 spiro atoms. The summed E-state index contributed by atoms with van der Waals surface area (Å²) in [6.45, 7) is 2.48. The van der Waals surface area contributed by atoms with Crippen molar-refractivity contribution in [3.8, 4) is 11.1 Å². The predicted molar refractivity (Wildman–Crippen MR) is 121 cm³/mol. The van der Waals surface area contributed by atoms with Crippen molar-refractivity contribution < 1.29 is 29.0 Å². The fraction of sp³-hybridized carbons (Fsp3) is 0.400. The Hall–Kier alpha value is -3.39. The highest BCUT2D eigenvalue weighted by Crippen LogP contribution is 2.44. The molecule has 1 aliphatic heterocycles. The van der Waals surface area contributed by atoms with Crippen LogP contribution >= 0.6 is 0 Å². The van der Waals surface area contributed by atoms with Crippen molar-refractivity contribution in [2.45, 2.75) is 37.8 Å². The monoisotopic (exact) mass is 452 g/mol. The minimum absolute atomic E-state index is 0.0292. The first-order valence-electron chi connectivity index (χ1n) is 11.2. The third kappa shape index (κ3) is 4.85. The Morgan fingerprint density at radius 3 is 2.33 bits per heavy atom. The first-order valence-corrected chi connectivity index (χ1v) is 11.2. The number of nitrogens with one attached hydrogen (secondary N) is 2. The molecule has 2 aliphatic rings. The van der Waals surface area contributed by atoms with Gasteiger partial charge in [-0.2, -0.15) is 0 Å². The number of hydrogen-bond acceptors (Lipinski definition) is 5. The first kappa shape index (κ1) is 22.8. The van der Waals surface area contributed by atoms with Gasteiger partial charge in [0.1, 0.15) is 18.8 Å². The van der Waals surface area contributed by atoms with Gasteiger partial charge in [0, 0.05) is 25.0 Å². The molecule has 0 saturated carbocycles. The van der Waals surface area contributed by atoms with Gasteiger partial charge in [-0.25, -0.2) is 9.59 Å². The number of hydrogen-bond donors (Lipinski definition) is 3. The van der Waals surface area contributed by atoms with Gasteiger partial charge in [0.2, 0.25) is 5.91 Å². The smallest absolute Gasteiger partial charge is 0.407 e. The molecule has 2 amide bonds. The third-order valence-corrected chi connectivity index (χ3v) is 6.35. The van der Waals surface area contributed by atoms with E-state index in [4.69, 9.17) is 14.6 Å². The molecule has 1 heterocycles. The summed E-state index contributed by atoms with van der Waals surface area (Å²) in [5.74, 6) is -1.84.